The molecule has 3 rings (SSSR count). The van der Waals surface area contributed by atoms with Gasteiger partial charge in [0.15, 0.2) is 0 Å². The number of rotatable bonds is 6. The van der Waals surface area contributed by atoms with Crippen LogP contribution in [0.25, 0.3) is 10.9 Å². The molecule has 0 radical (unpaired) electrons. The highest BCUT2D eigenvalue weighted by Gasteiger charge is 2.21. The lowest BCUT2D eigenvalue weighted by Gasteiger charge is -2.30. The van der Waals surface area contributed by atoms with Crippen LogP contribution >= 0.6 is 0 Å². The third-order valence-corrected chi connectivity index (χ3v) is 4.34. The number of nitrogens with zero attached hydrogens (tertiary/aromatic N) is 3. The quantitative estimate of drug-likeness (QED) is 0.804. The first-order chi connectivity index (χ1) is 11.2. The number of nitrogens with one attached hydrogen (secondary N) is 2. The van der Waals surface area contributed by atoms with Crippen molar-refractivity contribution >= 4 is 22.8 Å². The third-order valence-electron chi connectivity index (χ3n) is 4.34. The summed E-state index contributed by atoms with van der Waals surface area (Å²) < 4.78 is 0. The zero-order valence-electron chi connectivity index (χ0n) is 13.5. The maximum atomic E-state index is 12.0. The summed E-state index contributed by atoms with van der Waals surface area (Å²) in [6.07, 6.45) is 5.35. The average molecular weight is 313 g/mol. The van der Waals surface area contributed by atoms with E-state index in [1.54, 1.807) is 11.2 Å². The minimum Gasteiger partial charge on any atom is -0.368 e. The van der Waals surface area contributed by atoms with Crippen LogP contribution < -0.4 is 10.6 Å². The number of anilines is 1. The van der Waals surface area contributed by atoms with Gasteiger partial charge in [0.05, 0.1) is 5.52 Å². The summed E-state index contributed by atoms with van der Waals surface area (Å²) in [4.78, 5) is 22.3. The monoisotopic (exact) mass is 313 g/mol. The Morgan fingerprint density at radius 2 is 2.09 bits per heavy atom. The molecule has 1 aliphatic rings. The van der Waals surface area contributed by atoms with Crippen molar-refractivity contribution in [2.45, 2.75) is 19.3 Å². The Morgan fingerprint density at radius 3 is 2.87 bits per heavy atom. The van der Waals surface area contributed by atoms with Crippen LogP contribution in [0.1, 0.15) is 19.3 Å². The Bertz CT molecular complexity index is 666. The average Bonchev–Trinajstić information content (AvgIpc) is 2.54. The van der Waals surface area contributed by atoms with Crippen LogP contribution in [0, 0.1) is 5.92 Å². The van der Waals surface area contributed by atoms with Crippen molar-refractivity contribution in [3.8, 4) is 0 Å². The van der Waals surface area contributed by atoms with Crippen LogP contribution in [-0.4, -0.2) is 47.6 Å². The lowest BCUT2D eigenvalue weighted by molar-refractivity contribution is 0.183. The topological polar surface area (TPSA) is 70.2 Å². The summed E-state index contributed by atoms with van der Waals surface area (Å²) in [5, 5.41) is 7.19. The van der Waals surface area contributed by atoms with Crippen LogP contribution in [-0.2, 0) is 0 Å². The van der Waals surface area contributed by atoms with Crippen molar-refractivity contribution in [2.75, 3.05) is 32.0 Å². The van der Waals surface area contributed by atoms with Gasteiger partial charge in [0.25, 0.3) is 0 Å². The Balaban J connectivity index is 1.44. The highest BCUT2D eigenvalue weighted by molar-refractivity contribution is 5.88. The third kappa shape index (κ3) is 3.88. The lowest BCUT2D eigenvalue weighted by Crippen LogP contribution is -2.42. The van der Waals surface area contributed by atoms with Crippen LogP contribution in [0.2, 0.25) is 0 Å². The van der Waals surface area contributed by atoms with Gasteiger partial charge in [-0.05, 0) is 30.9 Å². The van der Waals surface area contributed by atoms with Crippen molar-refractivity contribution in [1.82, 2.24) is 20.2 Å². The van der Waals surface area contributed by atoms with E-state index in [4.69, 9.17) is 0 Å². The molecule has 6 heteroatoms. The molecule has 0 saturated heterocycles. The number of hydrogen-bond acceptors (Lipinski definition) is 4. The predicted octanol–water partition coefficient (Wildman–Crippen LogP) is 2.48. The van der Waals surface area contributed by atoms with E-state index in [9.17, 15) is 4.79 Å². The fraction of sp³-hybridized carbons (Fsp3) is 0.471. The largest absolute Gasteiger partial charge is 0.368 e. The van der Waals surface area contributed by atoms with Crippen molar-refractivity contribution < 1.29 is 4.79 Å². The molecular formula is C17H23N5O. The number of urea groups is 1. The number of para-hydroxylation sites is 1. The molecule has 0 spiro atoms. The molecule has 1 saturated carbocycles. The van der Waals surface area contributed by atoms with Gasteiger partial charge in [-0.2, -0.15) is 0 Å². The first-order valence-corrected chi connectivity index (χ1v) is 8.16. The summed E-state index contributed by atoms with van der Waals surface area (Å²) in [5.74, 6) is 1.49. The zero-order chi connectivity index (χ0) is 16.1. The highest BCUT2D eigenvalue weighted by Crippen LogP contribution is 2.26. The molecule has 122 valence electrons. The van der Waals surface area contributed by atoms with Crippen molar-refractivity contribution in [1.29, 1.82) is 0 Å². The zero-order valence-corrected chi connectivity index (χ0v) is 13.5. The van der Waals surface area contributed by atoms with Gasteiger partial charge in [0.1, 0.15) is 12.1 Å². The summed E-state index contributed by atoms with van der Waals surface area (Å²) in [7, 11) is 1.86. The van der Waals surface area contributed by atoms with Crippen LogP contribution in [0.5, 0.6) is 0 Å². The summed E-state index contributed by atoms with van der Waals surface area (Å²) in [6, 6.07) is 7.86. The number of carbonyl (C=O) groups excluding carboxylic acids is 1. The molecule has 0 aliphatic heterocycles. The van der Waals surface area contributed by atoms with Crippen LogP contribution in [0.4, 0.5) is 10.6 Å². The van der Waals surface area contributed by atoms with Gasteiger partial charge in [0, 0.05) is 32.1 Å². The van der Waals surface area contributed by atoms with Gasteiger partial charge in [0.2, 0.25) is 0 Å². The highest BCUT2D eigenvalue weighted by atomic mass is 16.2. The van der Waals surface area contributed by atoms with Gasteiger partial charge in [-0.3, -0.25) is 0 Å². The second-order valence-electron chi connectivity index (χ2n) is 6.08. The minimum atomic E-state index is -0.00811. The maximum absolute atomic E-state index is 12.0. The smallest absolute Gasteiger partial charge is 0.317 e. The Morgan fingerprint density at radius 1 is 1.26 bits per heavy atom. The van der Waals surface area contributed by atoms with E-state index in [-0.39, 0.29) is 6.03 Å². The number of fused-ring (bicyclic) bond motifs is 1. The van der Waals surface area contributed by atoms with E-state index < -0.39 is 0 Å². The molecule has 1 aromatic heterocycles. The van der Waals surface area contributed by atoms with Gasteiger partial charge in [-0.15, -0.1) is 0 Å². The molecule has 2 amide bonds. The van der Waals surface area contributed by atoms with E-state index in [1.807, 2.05) is 31.3 Å². The molecule has 1 fully saturated rings. The van der Waals surface area contributed by atoms with Gasteiger partial charge in [-0.25, -0.2) is 14.8 Å². The second-order valence-corrected chi connectivity index (χ2v) is 6.08. The molecule has 2 aromatic rings. The second kappa shape index (κ2) is 7.26. The fourth-order valence-electron chi connectivity index (χ4n) is 2.78. The Kier molecular flexibility index (Phi) is 4.90. The number of amides is 2. The summed E-state index contributed by atoms with van der Waals surface area (Å²) in [5.41, 5.74) is 0.911. The SMILES string of the molecule is CN(CC1CCC1)C(=O)NCCNc1ncnc2ccccc12. The molecule has 1 aliphatic carbocycles. The van der Waals surface area contributed by atoms with Crippen LogP contribution in [0.15, 0.2) is 30.6 Å². The molecule has 2 N–H and O–H groups in total. The van der Waals surface area contributed by atoms with Gasteiger partial charge >= 0.3 is 6.03 Å². The maximum Gasteiger partial charge on any atom is 0.317 e. The Hall–Kier alpha value is -2.37. The predicted molar refractivity (Wildman–Crippen MR) is 91.4 cm³/mol. The van der Waals surface area contributed by atoms with Crippen LogP contribution in [0.3, 0.4) is 0 Å². The van der Waals surface area contributed by atoms with E-state index in [2.05, 4.69) is 20.6 Å². The number of benzene rings is 1. The van der Waals surface area contributed by atoms with Crippen molar-refractivity contribution in [2.24, 2.45) is 5.92 Å². The van der Waals surface area contributed by atoms with E-state index in [1.165, 1.54) is 19.3 Å². The van der Waals surface area contributed by atoms with Crippen molar-refractivity contribution in [3.05, 3.63) is 30.6 Å². The van der Waals surface area contributed by atoms with E-state index >= 15 is 0 Å². The number of carbonyl (C=O) groups is 1. The normalized spacial score (nSPS) is 14.3. The lowest BCUT2D eigenvalue weighted by atomic mass is 9.85. The summed E-state index contributed by atoms with van der Waals surface area (Å²) in [6.45, 7) is 2.05. The molecular weight excluding hydrogens is 290 g/mol. The first-order valence-electron chi connectivity index (χ1n) is 8.16. The van der Waals surface area contributed by atoms with E-state index in [0.29, 0.717) is 19.0 Å². The number of aromatic nitrogens is 2. The van der Waals surface area contributed by atoms with Crippen molar-refractivity contribution in [3.63, 3.8) is 0 Å². The number of hydrogen-bond donors (Lipinski definition) is 2. The molecule has 23 heavy (non-hydrogen) atoms. The van der Waals surface area contributed by atoms with Gasteiger partial charge < -0.3 is 15.5 Å². The minimum absolute atomic E-state index is 0.00811. The van der Waals surface area contributed by atoms with Gasteiger partial charge in [-0.1, -0.05) is 18.6 Å². The molecule has 6 nitrogen and oxygen atoms in total. The molecule has 0 atom stereocenters. The fourth-order valence-corrected chi connectivity index (χ4v) is 2.78. The Labute approximate surface area is 136 Å². The molecule has 1 heterocycles. The van der Waals surface area contributed by atoms with E-state index in [0.717, 1.165) is 23.3 Å². The molecule has 0 bridgehead atoms. The molecule has 0 unspecified atom stereocenters. The summed E-state index contributed by atoms with van der Waals surface area (Å²) >= 11 is 0. The standard InChI is InChI=1S/C17H23N5O/c1-22(11-13-5-4-6-13)17(23)19-10-9-18-16-14-7-2-3-8-15(14)20-12-21-16/h2-3,7-8,12-13H,4-6,9-11H2,1H3,(H,19,23)(H,18,20,21). The molecule has 1 aromatic carbocycles. The first kappa shape index (κ1) is 15.5.